The topological polar surface area (TPSA) is 38.0 Å². The fraction of sp³-hybridized carbons (Fsp3) is 1.00. The van der Waals surface area contributed by atoms with Gasteiger partial charge in [-0.3, -0.25) is 0 Å². The van der Waals surface area contributed by atoms with Crippen molar-refractivity contribution < 1.29 is 0 Å². The predicted molar refractivity (Wildman–Crippen MR) is 65.8 cm³/mol. The van der Waals surface area contributed by atoms with Crippen molar-refractivity contribution in [3.05, 3.63) is 0 Å². The fourth-order valence-corrected chi connectivity index (χ4v) is 2.90. The van der Waals surface area contributed by atoms with E-state index in [9.17, 15) is 0 Å². The SMILES string of the molecule is CC(CN)CSCCC1CCCCN1. The van der Waals surface area contributed by atoms with Crippen molar-refractivity contribution in [1.82, 2.24) is 5.32 Å². The number of piperidine rings is 1. The monoisotopic (exact) mass is 216 g/mol. The largest absolute Gasteiger partial charge is 0.330 e. The summed E-state index contributed by atoms with van der Waals surface area (Å²) in [6.45, 7) is 4.29. The van der Waals surface area contributed by atoms with E-state index in [1.807, 2.05) is 0 Å². The normalized spacial score (nSPS) is 24.9. The second-order valence-electron chi connectivity index (χ2n) is 4.35. The first kappa shape index (κ1) is 12.3. The number of thioether (sulfide) groups is 1. The lowest BCUT2D eigenvalue weighted by Gasteiger charge is -2.23. The van der Waals surface area contributed by atoms with Crippen LogP contribution in [0, 0.1) is 5.92 Å². The van der Waals surface area contributed by atoms with Crippen molar-refractivity contribution in [2.45, 2.75) is 38.6 Å². The van der Waals surface area contributed by atoms with E-state index in [0.29, 0.717) is 5.92 Å². The average molecular weight is 216 g/mol. The molecule has 84 valence electrons. The van der Waals surface area contributed by atoms with Gasteiger partial charge in [0.15, 0.2) is 0 Å². The second kappa shape index (κ2) is 7.55. The van der Waals surface area contributed by atoms with E-state index in [0.717, 1.165) is 12.6 Å². The molecule has 0 amide bonds. The number of hydrogen-bond acceptors (Lipinski definition) is 3. The molecule has 1 rings (SSSR count). The van der Waals surface area contributed by atoms with Crippen molar-refractivity contribution in [2.24, 2.45) is 11.7 Å². The molecule has 0 radical (unpaired) electrons. The minimum absolute atomic E-state index is 0.680. The van der Waals surface area contributed by atoms with Crippen LogP contribution in [-0.2, 0) is 0 Å². The van der Waals surface area contributed by atoms with Gasteiger partial charge in [0, 0.05) is 6.04 Å². The molecule has 0 bridgehead atoms. The molecule has 1 aliphatic rings. The maximum absolute atomic E-state index is 5.57. The molecule has 0 aromatic heterocycles. The number of hydrogen-bond donors (Lipinski definition) is 2. The lowest BCUT2D eigenvalue weighted by Crippen LogP contribution is -2.34. The molecule has 0 aromatic rings. The zero-order valence-corrected chi connectivity index (χ0v) is 10.1. The molecular formula is C11H24N2S. The number of nitrogens with one attached hydrogen (secondary N) is 1. The van der Waals surface area contributed by atoms with E-state index in [4.69, 9.17) is 5.73 Å². The summed E-state index contributed by atoms with van der Waals surface area (Å²) in [5.41, 5.74) is 5.57. The van der Waals surface area contributed by atoms with Crippen LogP contribution in [-0.4, -0.2) is 30.6 Å². The fourth-order valence-electron chi connectivity index (χ4n) is 1.75. The summed E-state index contributed by atoms with van der Waals surface area (Å²) < 4.78 is 0. The highest BCUT2D eigenvalue weighted by atomic mass is 32.2. The molecule has 0 spiro atoms. The predicted octanol–water partition coefficient (Wildman–Crippen LogP) is 1.85. The summed E-state index contributed by atoms with van der Waals surface area (Å²) in [6.07, 6.45) is 5.50. The van der Waals surface area contributed by atoms with Gasteiger partial charge in [-0.2, -0.15) is 11.8 Å². The van der Waals surface area contributed by atoms with Crippen molar-refractivity contribution in [2.75, 3.05) is 24.6 Å². The van der Waals surface area contributed by atoms with Crippen molar-refractivity contribution >= 4 is 11.8 Å². The van der Waals surface area contributed by atoms with Gasteiger partial charge in [0.25, 0.3) is 0 Å². The van der Waals surface area contributed by atoms with Crippen molar-refractivity contribution in [1.29, 1.82) is 0 Å². The van der Waals surface area contributed by atoms with Gasteiger partial charge in [-0.25, -0.2) is 0 Å². The zero-order chi connectivity index (χ0) is 10.2. The summed E-state index contributed by atoms with van der Waals surface area (Å²) in [7, 11) is 0. The van der Waals surface area contributed by atoms with Gasteiger partial charge < -0.3 is 11.1 Å². The third kappa shape index (κ3) is 5.23. The first-order chi connectivity index (χ1) is 6.83. The third-order valence-electron chi connectivity index (χ3n) is 2.83. The molecule has 3 N–H and O–H groups in total. The summed E-state index contributed by atoms with van der Waals surface area (Å²) in [5.74, 6) is 3.20. The Morgan fingerprint density at radius 2 is 2.36 bits per heavy atom. The van der Waals surface area contributed by atoms with Gasteiger partial charge in [-0.05, 0) is 49.8 Å². The maximum Gasteiger partial charge on any atom is 0.00749 e. The zero-order valence-electron chi connectivity index (χ0n) is 9.30. The Kier molecular flexibility index (Phi) is 6.65. The van der Waals surface area contributed by atoms with Crippen LogP contribution in [0.15, 0.2) is 0 Å². The Balaban J connectivity index is 1.92. The smallest absolute Gasteiger partial charge is 0.00749 e. The second-order valence-corrected chi connectivity index (χ2v) is 5.50. The number of rotatable bonds is 6. The Bertz CT molecular complexity index is 135. The van der Waals surface area contributed by atoms with Crippen LogP contribution < -0.4 is 11.1 Å². The molecular weight excluding hydrogens is 192 g/mol. The Hall–Kier alpha value is 0.270. The molecule has 2 unspecified atom stereocenters. The Labute approximate surface area is 92.4 Å². The van der Waals surface area contributed by atoms with Gasteiger partial charge in [0.05, 0.1) is 0 Å². The van der Waals surface area contributed by atoms with Crippen LogP contribution in [0.25, 0.3) is 0 Å². The lowest BCUT2D eigenvalue weighted by molar-refractivity contribution is 0.394. The molecule has 14 heavy (non-hydrogen) atoms. The Morgan fingerprint density at radius 3 is 3.00 bits per heavy atom. The van der Waals surface area contributed by atoms with E-state index >= 15 is 0 Å². The molecule has 1 heterocycles. The summed E-state index contributed by atoms with van der Waals surface area (Å²) >= 11 is 2.06. The van der Waals surface area contributed by atoms with E-state index in [1.54, 1.807) is 0 Å². The average Bonchev–Trinajstić information content (AvgIpc) is 2.25. The van der Waals surface area contributed by atoms with Gasteiger partial charge in [0.1, 0.15) is 0 Å². The van der Waals surface area contributed by atoms with Crippen molar-refractivity contribution in [3.63, 3.8) is 0 Å². The molecule has 0 saturated carbocycles. The first-order valence-electron chi connectivity index (χ1n) is 5.84. The molecule has 2 atom stereocenters. The van der Waals surface area contributed by atoms with Gasteiger partial charge in [-0.1, -0.05) is 13.3 Å². The van der Waals surface area contributed by atoms with Crippen LogP contribution in [0.4, 0.5) is 0 Å². The Morgan fingerprint density at radius 1 is 1.50 bits per heavy atom. The van der Waals surface area contributed by atoms with E-state index in [1.165, 1.54) is 43.7 Å². The molecule has 0 aliphatic carbocycles. The van der Waals surface area contributed by atoms with Gasteiger partial charge >= 0.3 is 0 Å². The summed E-state index contributed by atoms with van der Waals surface area (Å²) in [5, 5.41) is 3.58. The highest BCUT2D eigenvalue weighted by Crippen LogP contribution is 2.14. The lowest BCUT2D eigenvalue weighted by atomic mass is 10.0. The van der Waals surface area contributed by atoms with Crippen LogP contribution >= 0.6 is 11.8 Å². The summed E-state index contributed by atoms with van der Waals surface area (Å²) in [6, 6.07) is 0.796. The molecule has 0 aromatic carbocycles. The van der Waals surface area contributed by atoms with E-state index in [2.05, 4.69) is 24.0 Å². The van der Waals surface area contributed by atoms with E-state index < -0.39 is 0 Å². The minimum atomic E-state index is 0.680. The first-order valence-corrected chi connectivity index (χ1v) is 6.99. The van der Waals surface area contributed by atoms with Crippen LogP contribution in [0.3, 0.4) is 0 Å². The molecule has 2 nitrogen and oxygen atoms in total. The highest BCUT2D eigenvalue weighted by molar-refractivity contribution is 7.99. The third-order valence-corrected chi connectivity index (χ3v) is 4.16. The van der Waals surface area contributed by atoms with Crippen LogP contribution in [0.1, 0.15) is 32.6 Å². The highest BCUT2D eigenvalue weighted by Gasteiger charge is 2.11. The van der Waals surface area contributed by atoms with E-state index in [-0.39, 0.29) is 0 Å². The van der Waals surface area contributed by atoms with Gasteiger partial charge in [0.2, 0.25) is 0 Å². The van der Waals surface area contributed by atoms with Crippen LogP contribution in [0.2, 0.25) is 0 Å². The molecule has 1 aliphatic heterocycles. The van der Waals surface area contributed by atoms with Gasteiger partial charge in [-0.15, -0.1) is 0 Å². The number of nitrogens with two attached hydrogens (primary N) is 1. The quantitative estimate of drug-likeness (QED) is 0.666. The standard InChI is InChI=1S/C11H24N2S/c1-10(8-12)9-14-7-5-11-4-2-3-6-13-11/h10-11,13H,2-9,12H2,1H3. The molecule has 1 saturated heterocycles. The molecule has 3 heteroatoms. The molecule has 1 fully saturated rings. The van der Waals surface area contributed by atoms with Crippen LogP contribution in [0.5, 0.6) is 0 Å². The summed E-state index contributed by atoms with van der Waals surface area (Å²) in [4.78, 5) is 0. The minimum Gasteiger partial charge on any atom is -0.330 e. The van der Waals surface area contributed by atoms with Crippen molar-refractivity contribution in [3.8, 4) is 0 Å². The maximum atomic E-state index is 5.57.